The molecule has 4 nitrogen and oxygen atoms in total. The maximum absolute atomic E-state index is 11.5. The predicted molar refractivity (Wildman–Crippen MR) is 80.7 cm³/mol. The highest BCUT2D eigenvalue weighted by Crippen LogP contribution is 2.30. The molecule has 4 heteroatoms. The fraction of sp³-hybridized carbons (Fsp3) is 0.118. The van der Waals surface area contributed by atoms with Crippen LogP contribution in [0.2, 0.25) is 0 Å². The number of aromatic hydroxyl groups is 1. The van der Waals surface area contributed by atoms with Gasteiger partial charge in [-0.15, -0.1) is 0 Å². The second kappa shape index (κ2) is 5.32. The van der Waals surface area contributed by atoms with Gasteiger partial charge < -0.3 is 9.84 Å². The van der Waals surface area contributed by atoms with Gasteiger partial charge in [0.25, 0.3) is 0 Å². The molecule has 0 atom stereocenters. The van der Waals surface area contributed by atoms with Crippen LogP contribution in [-0.4, -0.2) is 15.6 Å². The smallest absolute Gasteiger partial charge is 0.228 e. The zero-order valence-electron chi connectivity index (χ0n) is 11.6. The average Bonchev–Trinajstić information content (AvgIpc) is 2.83. The zero-order valence-corrected chi connectivity index (χ0v) is 11.6. The monoisotopic (exact) mass is 281 g/mol. The number of carbonyl (C=O) groups excluding carboxylic acids is 1. The first kappa shape index (κ1) is 13.2. The molecule has 0 bridgehead atoms. The first-order valence-corrected chi connectivity index (χ1v) is 6.67. The van der Waals surface area contributed by atoms with Crippen LogP contribution in [0.25, 0.3) is 10.9 Å². The summed E-state index contributed by atoms with van der Waals surface area (Å²) in [6.45, 7) is 1.92. The van der Waals surface area contributed by atoms with Crippen molar-refractivity contribution in [2.24, 2.45) is 0 Å². The molecule has 3 aromatic rings. The molecule has 0 aliphatic rings. The minimum atomic E-state index is -0.141. The van der Waals surface area contributed by atoms with E-state index in [9.17, 15) is 9.90 Å². The number of rotatable bonds is 3. The Bertz CT molecular complexity index is 790. The van der Waals surface area contributed by atoms with Gasteiger partial charge in [-0.1, -0.05) is 30.3 Å². The van der Waals surface area contributed by atoms with Crippen molar-refractivity contribution in [3.8, 4) is 11.5 Å². The van der Waals surface area contributed by atoms with E-state index in [-0.39, 0.29) is 11.7 Å². The highest BCUT2D eigenvalue weighted by atomic mass is 16.5. The highest BCUT2D eigenvalue weighted by Gasteiger charge is 2.11. The third-order valence-electron chi connectivity index (χ3n) is 3.34. The Morgan fingerprint density at radius 1 is 1.19 bits per heavy atom. The first-order valence-electron chi connectivity index (χ1n) is 6.67. The first-order chi connectivity index (χ1) is 10.1. The van der Waals surface area contributed by atoms with Gasteiger partial charge in [0, 0.05) is 12.3 Å². The summed E-state index contributed by atoms with van der Waals surface area (Å²) in [6.07, 6.45) is 1.42. The van der Waals surface area contributed by atoms with E-state index in [1.165, 1.54) is 17.7 Å². The molecule has 0 aliphatic heterocycles. The van der Waals surface area contributed by atoms with Crippen molar-refractivity contribution in [3.05, 3.63) is 60.3 Å². The molecule has 0 aliphatic carbocycles. The lowest BCUT2D eigenvalue weighted by molar-refractivity contribution is 0.0941. The summed E-state index contributed by atoms with van der Waals surface area (Å²) < 4.78 is 7.14. The van der Waals surface area contributed by atoms with E-state index in [0.29, 0.717) is 23.3 Å². The molecule has 0 saturated heterocycles. The Kier molecular flexibility index (Phi) is 3.36. The summed E-state index contributed by atoms with van der Waals surface area (Å²) in [5.41, 5.74) is 1.75. The standard InChI is InChI=1S/C17H15NO3/c1-12(19)18-10-17(20)15-9-14(7-8-16(15)18)21-11-13-5-3-2-4-6-13/h2-10,20H,11H2,1H3. The number of fused-ring (bicyclic) bond motifs is 1. The topological polar surface area (TPSA) is 51.5 Å². The summed E-state index contributed by atoms with van der Waals surface area (Å²) in [7, 11) is 0. The molecule has 0 fully saturated rings. The van der Waals surface area contributed by atoms with Gasteiger partial charge in [0.2, 0.25) is 5.91 Å². The van der Waals surface area contributed by atoms with Crippen LogP contribution in [0.15, 0.2) is 54.7 Å². The number of ether oxygens (including phenoxy) is 1. The van der Waals surface area contributed by atoms with Crippen LogP contribution in [0, 0.1) is 0 Å². The largest absolute Gasteiger partial charge is 0.506 e. The normalized spacial score (nSPS) is 10.7. The van der Waals surface area contributed by atoms with Gasteiger partial charge in [-0.25, -0.2) is 0 Å². The predicted octanol–water partition coefficient (Wildman–Crippen LogP) is 3.59. The van der Waals surface area contributed by atoms with Crippen molar-refractivity contribution < 1.29 is 14.6 Å². The maximum atomic E-state index is 11.5. The van der Waals surface area contributed by atoms with Gasteiger partial charge in [0.1, 0.15) is 18.1 Å². The molecule has 1 N–H and O–H groups in total. The van der Waals surface area contributed by atoms with Crippen LogP contribution in [0.4, 0.5) is 0 Å². The lowest BCUT2D eigenvalue weighted by atomic mass is 10.2. The highest BCUT2D eigenvalue weighted by molar-refractivity contribution is 5.95. The fourth-order valence-electron chi connectivity index (χ4n) is 2.28. The fourth-order valence-corrected chi connectivity index (χ4v) is 2.28. The van der Waals surface area contributed by atoms with Gasteiger partial charge >= 0.3 is 0 Å². The number of hydrogen-bond acceptors (Lipinski definition) is 3. The van der Waals surface area contributed by atoms with Crippen LogP contribution in [0.3, 0.4) is 0 Å². The van der Waals surface area contributed by atoms with Gasteiger partial charge in [-0.2, -0.15) is 0 Å². The number of hydrogen-bond donors (Lipinski definition) is 1. The van der Waals surface area contributed by atoms with Crippen molar-refractivity contribution in [1.29, 1.82) is 0 Å². The Morgan fingerprint density at radius 3 is 2.67 bits per heavy atom. The minimum absolute atomic E-state index is 0.0744. The summed E-state index contributed by atoms with van der Waals surface area (Å²) in [4.78, 5) is 11.5. The van der Waals surface area contributed by atoms with Gasteiger partial charge in [-0.05, 0) is 23.8 Å². The summed E-state index contributed by atoms with van der Waals surface area (Å²) >= 11 is 0. The zero-order chi connectivity index (χ0) is 14.8. The molecule has 106 valence electrons. The molecule has 0 spiro atoms. The van der Waals surface area contributed by atoms with Crippen LogP contribution < -0.4 is 4.74 Å². The Morgan fingerprint density at radius 2 is 1.95 bits per heavy atom. The second-order valence-corrected chi connectivity index (χ2v) is 4.86. The van der Waals surface area contributed by atoms with Crippen LogP contribution >= 0.6 is 0 Å². The molecule has 0 saturated carbocycles. The van der Waals surface area contributed by atoms with Crippen LogP contribution in [0.5, 0.6) is 11.5 Å². The summed E-state index contributed by atoms with van der Waals surface area (Å²) in [5, 5.41) is 10.5. The van der Waals surface area contributed by atoms with Gasteiger partial charge in [0.05, 0.1) is 11.7 Å². The van der Waals surface area contributed by atoms with Gasteiger partial charge in [-0.3, -0.25) is 9.36 Å². The Hall–Kier alpha value is -2.75. The van der Waals surface area contributed by atoms with E-state index in [1.807, 2.05) is 30.3 Å². The third kappa shape index (κ3) is 2.60. The lowest BCUT2D eigenvalue weighted by Crippen LogP contribution is -2.02. The van der Waals surface area contributed by atoms with Crippen molar-refractivity contribution in [3.63, 3.8) is 0 Å². The molecule has 0 unspecified atom stereocenters. The number of carbonyl (C=O) groups is 1. The van der Waals surface area contributed by atoms with Gasteiger partial charge in [0.15, 0.2) is 0 Å². The molecule has 0 amide bonds. The molecule has 1 heterocycles. The summed E-state index contributed by atoms with van der Waals surface area (Å²) in [6, 6.07) is 15.2. The van der Waals surface area contributed by atoms with Crippen LogP contribution in [0.1, 0.15) is 17.3 Å². The van der Waals surface area contributed by atoms with E-state index in [1.54, 1.807) is 18.2 Å². The Labute approximate surface area is 122 Å². The van der Waals surface area contributed by atoms with E-state index in [2.05, 4.69) is 0 Å². The van der Waals surface area contributed by atoms with Crippen molar-refractivity contribution in [2.75, 3.05) is 0 Å². The molecule has 0 radical (unpaired) electrons. The van der Waals surface area contributed by atoms with Crippen molar-refractivity contribution in [2.45, 2.75) is 13.5 Å². The van der Waals surface area contributed by atoms with E-state index >= 15 is 0 Å². The third-order valence-corrected chi connectivity index (χ3v) is 3.34. The van der Waals surface area contributed by atoms with Crippen molar-refractivity contribution >= 4 is 16.8 Å². The number of nitrogens with zero attached hydrogens (tertiary/aromatic N) is 1. The molecule has 21 heavy (non-hydrogen) atoms. The molecular formula is C17H15NO3. The van der Waals surface area contributed by atoms with Crippen molar-refractivity contribution in [1.82, 2.24) is 4.57 Å². The maximum Gasteiger partial charge on any atom is 0.228 e. The van der Waals surface area contributed by atoms with Crippen LogP contribution in [-0.2, 0) is 6.61 Å². The minimum Gasteiger partial charge on any atom is -0.506 e. The lowest BCUT2D eigenvalue weighted by Gasteiger charge is -2.07. The quantitative estimate of drug-likeness (QED) is 0.798. The molecular weight excluding hydrogens is 266 g/mol. The number of benzene rings is 2. The molecule has 1 aromatic heterocycles. The van der Waals surface area contributed by atoms with E-state index in [4.69, 9.17) is 4.74 Å². The van der Waals surface area contributed by atoms with E-state index in [0.717, 1.165) is 5.56 Å². The SMILES string of the molecule is CC(=O)n1cc(O)c2cc(OCc3ccccc3)ccc21. The Balaban J connectivity index is 1.88. The summed E-state index contributed by atoms with van der Waals surface area (Å²) in [5.74, 6) is 0.589. The number of aromatic nitrogens is 1. The molecule has 2 aromatic carbocycles. The average molecular weight is 281 g/mol. The second-order valence-electron chi connectivity index (χ2n) is 4.86. The van der Waals surface area contributed by atoms with E-state index < -0.39 is 0 Å². The molecule has 3 rings (SSSR count).